The third-order valence-electron chi connectivity index (χ3n) is 3.22. The van der Waals surface area contributed by atoms with Crippen molar-refractivity contribution in [2.45, 2.75) is 38.8 Å². The molecule has 1 aliphatic carbocycles. The van der Waals surface area contributed by atoms with Crippen LogP contribution in [0, 0.1) is 0 Å². The van der Waals surface area contributed by atoms with Gasteiger partial charge in [0, 0.05) is 12.5 Å². The molecule has 2 heterocycles. The number of anilines is 1. The summed E-state index contributed by atoms with van der Waals surface area (Å²) in [6.45, 7) is 3.71. The van der Waals surface area contributed by atoms with Gasteiger partial charge in [0.25, 0.3) is 0 Å². The SMILES string of the molecule is CCn1cncc1Cn1nnc(N)c1C1CC1. The highest BCUT2D eigenvalue weighted by atomic mass is 15.4. The highest BCUT2D eigenvalue weighted by Crippen LogP contribution is 2.42. The third kappa shape index (κ3) is 1.79. The Bertz CT molecular complexity index is 522. The molecule has 0 aromatic carbocycles. The summed E-state index contributed by atoms with van der Waals surface area (Å²) in [6, 6.07) is 0. The predicted octanol–water partition coefficient (Wildman–Crippen LogP) is 1.00. The summed E-state index contributed by atoms with van der Waals surface area (Å²) in [6.07, 6.45) is 6.11. The lowest BCUT2D eigenvalue weighted by atomic mass is 10.3. The van der Waals surface area contributed by atoms with Gasteiger partial charge in [0.05, 0.1) is 30.5 Å². The Balaban J connectivity index is 1.90. The van der Waals surface area contributed by atoms with Gasteiger partial charge in [0.2, 0.25) is 0 Å². The predicted molar refractivity (Wildman–Crippen MR) is 63.4 cm³/mol. The van der Waals surface area contributed by atoms with E-state index in [0.29, 0.717) is 18.3 Å². The van der Waals surface area contributed by atoms with Gasteiger partial charge in [-0.2, -0.15) is 0 Å². The molecular weight excluding hydrogens is 216 g/mol. The molecule has 0 bridgehead atoms. The van der Waals surface area contributed by atoms with Crippen LogP contribution >= 0.6 is 0 Å². The summed E-state index contributed by atoms with van der Waals surface area (Å²) in [5, 5.41) is 8.10. The molecule has 1 saturated carbocycles. The van der Waals surface area contributed by atoms with Crippen molar-refractivity contribution < 1.29 is 0 Å². The van der Waals surface area contributed by atoms with Crippen molar-refractivity contribution >= 4 is 5.82 Å². The van der Waals surface area contributed by atoms with Crippen LogP contribution in [-0.2, 0) is 13.1 Å². The van der Waals surface area contributed by atoms with E-state index in [1.165, 1.54) is 12.8 Å². The van der Waals surface area contributed by atoms with E-state index in [2.05, 4.69) is 26.8 Å². The van der Waals surface area contributed by atoms with Gasteiger partial charge in [-0.05, 0) is 19.8 Å². The van der Waals surface area contributed by atoms with Crippen LogP contribution in [0.2, 0.25) is 0 Å². The minimum Gasteiger partial charge on any atom is -0.381 e. The number of aromatic nitrogens is 5. The van der Waals surface area contributed by atoms with Gasteiger partial charge in [0.1, 0.15) is 0 Å². The zero-order chi connectivity index (χ0) is 11.8. The molecular formula is C11H16N6. The van der Waals surface area contributed by atoms with Gasteiger partial charge < -0.3 is 10.3 Å². The first-order valence-electron chi connectivity index (χ1n) is 5.97. The first-order chi connectivity index (χ1) is 8.29. The van der Waals surface area contributed by atoms with E-state index in [1.807, 2.05) is 17.2 Å². The first kappa shape index (κ1) is 10.3. The maximum atomic E-state index is 5.86. The summed E-state index contributed by atoms with van der Waals surface area (Å²) in [7, 11) is 0. The number of nitrogens with zero attached hydrogens (tertiary/aromatic N) is 5. The molecule has 2 N–H and O–H groups in total. The zero-order valence-electron chi connectivity index (χ0n) is 9.87. The van der Waals surface area contributed by atoms with Crippen molar-refractivity contribution in [3.05, 3.63) is 23.9 Å². The molecule has 3 rings (SSSR count). The standard InChI is InChI=1S/C11H16N6/c1-2-16-7-13-5-9(16)6-17-10(8-3-4-8)11(12)14-15-17/h5,7-8H,2-4,6,12H2,1H3. The van der Waals surface area contributed by atoms with Crippen molar-refractivity contribution in [2.24, 2.45) is 0 Å². The summed E-state index contributed by atoms with van der Waals surface area (Å²) >= 11 is 0. The normalized spacial score (nSPS) is 15.4. The number of nitrogens with two attached hydrogens (primary N) is 1. The maximum Gasteiger partial charge on any atom is 0.169 e. The number of imidazole rings is 1. The average Bonchev–Trinajstić information content (AvgIpc) is 2.95. The highest BCUT2D eigenvalue weighted by molar-refractivity contribution is 5.38. The lowest BCUT2D eigenvalue weighted by Crippen LogP contribution is -2.10. The lowest BCUT2D eigenvalue weighted by Gasteiger charge is -2.07. The van der Waals surface area contributed by atoms with Crippen LogP contribution in [0.5, 0.6) is 0 Å². The number of aryl methyl sites for hydroxylation is 1. The van der Waals surface area contributed by atoms with E-state index in [-0.39, 0.29) is 0 Å². The molecule has 2 aromatic heterocycles. The smallest absolute Gasteiger partial charge is 0.169 e. The minimum atomic E-state index is 0.558. The van der Waals surface area contributed by atoms with E-state index >= 15 is 0 Å². The number of hydrogen-bond acceptors (Lipinski definition) is 4. The van der Waals surface area contributed by atoms with Crippen LogP contribution in [0.25, 0.3) is 0 Å². The number of hydrogen-bond donors (Lipinski definition) is 1. The summed E-state index contributed by atoms with van der Waals surface area (Å²) < 4.78 is 4.02. The fourth-order valence-corrected chi connectivity index (χ4v) is 2.15. The second-order valence-electron chi connectivity index (χ2n) is 4.46. The molecule has 0 radical (unpaired) electrons. The number of rotatable bonds is 4. The van der Waals surface area contributed by atoms with Gasteiger partial charge in [-0.25, -0.2) is 9.67 Å². The molecule has 1 aliphatic rings. The molecule has 2 aromatic rings. The van der Waals surface area contributed by atoms with Crippen LogP contribution < -0.4 is 5.73 Å². The summed E-state index contributed by atoms with van der Waals surface area (Å²) in [5.74, 6) is 1.14. The van der Waals surface area contributed by atoms with Crippen molar-refractivity contribution in [3.8, 4) is 0 Å². The first-order valence-corrected chi connectivity index (χ1v) is 5.97. The topological polar surface area (TPSA) is 74.5 Å². The van der Waals surface area contributed by atoms with E-state index < -0.39 is 0 Å². The van der Waals surface area contributed by atoms with Gasteiger partial charge in [-0.15, -0.1) is 5.10 Å². The summed E-state index contributed by atoms with van der Waals surface area (Å²) in [4.78, 5) is 4.16. The maximum absolute atomic E-state index is 5.86. The molecule has 0 atom stereocenters. The molecule has 6 heteroatoms. The molecule has 90 valence electrons. The average molecular weight is 232 g/mol. The Hall–Kier alpha value is -1.85. The van der Waals surface area contributed by atoms with Crippen LogP contribution in [0.15, 0.2) is 12.5 Å². The Labute approximate surface area is 99.4 Å². The van der Waals surface area contributed by atoms with Crippen molar-refractivity contribution in [3.63, 3.8) is 0 Å². The van der Waals surface area contributed by atoms with E-state index in [1.54, 1.807) is 0 Å². The molecule has 0 spiro atoms. The van der Waals surface area contributed by atoms with Crippen LogP contribution in [-0.4, -0.2) is 24.5 Å². The second kappa shape index (κ2) is 3.87. The third-order valence-corrected chi connectivity index (χ3v) is 3.22. The van der Waals surface area contributed by atoms with Crippen LogP contribution in [0.3, 0.4) is 0 Å². The monoisotopic (exact) mass is 232 g/mol. The second-order valence-corrected chi connectivity index (χ2v) is 4.46. The van der Waals surface area contributed by atoms with E-state index in [0.717, 1.165) is 17.9 Å². The Morgan fingerprint density at radius 1 is 1.47 bits per heavy atom. The molecule has 6 nitrogen and oxygen atoms in total. The molecule has 17 heavy (non-hydrogen) atoms. The lowest BCUT2D eigenvalue weighted by molar-refractivity contribution is 0.582. The van der Waals surface area contributed by atoms with Gasteiger partial charge in [-0.3, -0.25) is 0 Å². The van der Waals surface area contributed by atoms with Crippen molar-refractivity contribution in [2.75, 3.05) is 5.73 Å². The summed E-state index contributed by atoms with van der Waals surface area (Å²) in [5.41, 5.74) is 8.09. The molecule has 0 aliphatic heterocycles. The number of nitrogen functional groups attached to an aromatic ring is 1. The minimum absolute atomic E-state index is 0.558. The zero-order valence-corrected chi connectivity index (χ0v) is 9.87. The fraction of sp³-hybridized carbons (Fsp3) is 0.545. The van der Waals surface area contributed by atoms with Gasteiger partial charge in [0.15, 0.2) is 5.82 Å². The Morgan fingerprint density at radius 3 is 3.00 bits per heavy atom. The van der Waals surface area contributed by atoms with Gasteiger partial charge >= 0.3 is 0 Å². The van der Waals surface area contributed by atoms with Crippen molar-refractivity contribution in [1.82, 2.24) is 24.5 Å². The van der Waals surface area contributed by atoms with Crippen LogP contribution in [0.1, 0.15) is 37.1 Å². The Morgan fingerprint density at radius 2 is 2.29 bits per heavy atom. The van der Waals surface area contributed by atoms with Gasteiger partial charge in [-0.1, -0.05) is 5.21 Å². The largest absolute Gasteiger partial charge is 0.381 e. The van der Waals surface area contributed by atoms with E-state index in [9.17, 15) is 0 Å². The fourth-order valence-electron chi connectivity index (χ4n) is 2.15. The van der Waals surface area contributed by atoms with Crippen LogP contribution in [0.4, 0.5) is 5.82 Å². The molecule has 1 fully saturated rings. The van der Waals surface area contributed by atoms with E-state index in [4.69, 9.17) is 5.73 Å². The molecule has 0 saturated heterocycles. The van der Waals surface area contributed by atoms with Crippen molar-refractivity contribution in [1.29, 1.82) is 0 Å². The molecule has 0 unspecified atom stereocenters. The highest BCUT2D eigenvalue weighted by Gasteiger charge is 2.30. The quantitative estimate of drug-likeness (QED) is 0.853. The Kier molecular flexibility index (Phi) is 2.35. The molecule has 0 amide bonds.